The van der Waals surface area contributed by atoms with Crippen molar-refractivity contribution in [1.82, 2.24) is 10.6 Å². The number of rotatable bonds is 8. The molecule has 6 nitrogen and oxygen atoms in total. The first-order valence-corrected chi connectivity index (χ1v) is 8.38. The fourth-order valence-electron chi connectivity index (χ4n) is 1.86. The predicted octanol–water partition coefficient (Wildman–Crippen LogP) is 2.36. The molecule has 0 bridgehead atoms. The van der Waals surface area contributed by atoms with Crippen molar-refractivity contribution in [3.05, 3.63) is 57.5 Å². The number of hydrogen-bond donors (Lipinski definition) is 4. The SMILES string of the molecule is C/C=C(\NCc1ccc(Cl)c(Cl)c1)NC(=O)C(=NCCO)C(C)=CN. The lowest BCUT2D eigenvalue weighted by atomic mass is 10.2. The molecule has 0 saturated carbocycles. The highest BCUT2D eigenvalue weighted by molar-refractivity contribution is 6.45. The van der Waals surface area contributed by atoms with E-state index >= 15 is 0 Å². The molecular weight excluding hydrogens is 363 g/mol. The topological polar surface area (TPSA) is 99.7 Å². The Morgan fingerprint density at radius 2 is 2.08 bits per heavy atom. The van der Waals surface area contributed by atoms with E-state index < -0.39 is 5.91 Å². The van der Waals surface area contributed by atoms with E-state index in [0.29, 0.717) is 28.0 Å². The number of aliphatic hydroxyl groups is 1. The van der Waals surface area contributed by atoms with Crippen molar-refractivity contribution in [3.63, 3.8) is 0 Å². The lowest BCUT2D eigenvalue weighted by Crippen LogP contribution is -2.36. The van der Waals surface area contributed by atoms with Gasteiger partial charge in [-0.2, -0.15) is 0 Å². The molecule has 0 aliphatic rings. The van der Waals surface area contributed by atoms with Gasteiger partial charge in [-0.3, -0.25) is 9.79 Å². The van der Waals surface area contributed by atoms with Crippen molar-refractivity contribution in [2.75, 3.05) is 13.2 Å². The van der Waals surface area contributed by atoms with Gasteiger partial charge in [-0.25, -0.2) is 0 Å². The van der Waals surface area contributed by atoms with Gasteiger partial charge >= 0.3 is 0 Å². The van der Waals surface area contributed by atoms with Gasteiger partial charge in [-0.05, 0) is 49.4 Å². The maximum atomic E-state index is 12.4. The second kappa shape index (κ2) is 10.8. The van der Waals surface area contributed by atoms with Gasteiger partial charge in [0.1, 0.15) is 11.5 Å². The van der Waals surface area contributed by atoms with Crippen LogP contribution in [0.4, 0.5) is 0 Å². The maximum absolute atomic E-state index is 12.4. The summed E-state index contributed by atoms with van der Waals surface area (Å²) in [5.74, 6) is 0.0972. The average molecular weight is 385 g/mol. The number of amides is 1. The maximum Gasteiger partial charge on any atom is 0.275 e. The second-order valence-electron chi connectivity index (χ2n) is 5.06. The molecule has 1 aromatic rings. The van der Waals surface area contributed by atoms with Crippen LogP contribution in [0, 0.1) is 0 Å². The predicted molar refractivity (Wildman–Crippen MR) is 103 cm³/mol. The molecule has 0 aliphatic carbocycles. The van der Waals surface area contributed by atoms with Crippen molar-refractivity contribution in [3.8, 4) is 0 Å². The molecule has 1 rings (SSSR count). The fourth-order valence-corrected chi connectivity index (χ4v) is 2.18. The normalized spacial score (nSPS) is 12.9. The van der Waals surface area contributed by atoms with E-state index in [1.807, 2.05) is 6.07 Å². The van der Waals surface area contributed by atoms with Crippen LogP contribution in [0.5, 0.6) is 0 Å². The van der Waals surface area contributed by atoms with Crippen LogP contribution in [0.3, 0.4) is 0 Å². The Balaban J connectivity index is 2.76. The molecule has 8 heteroatoms. The number of nitrogens with two attached hydrogens (primary N) is 1. The molecule has 0 aliphatic heterocycles. The molecule has 0 unspecified atom stereocenters. The lowest BCUT2D eigenvalue weighted by molar-refractivity contribution is -0.114. The summed E-state index contributed by atoms with van der Waals surface area (Å²) < 4.78 is 0. The van der Waals surface area contributed by atoms with Gasteiger partial charge in [0.05, 0.1) is 23.2 Å². The number of halogens is 2. The molecule has 136 valence electrons. The standard InChI is InChI=1S/C17H22Cl2N4O2/c1-3-15(22-10-12-4-5-13(18)14(19)8-12)23-17(25)16(11(2)9-20)21-6-7-24/h3-5,8-9,22,24H,6-7,10,20H2,1-2H3,(H,23,25)/b11-9?,15-3+,21-16?. The summed E-state index contributed by atoms with van der Waals surface area (Å²) >= 11 is 11.9. The van der Waals surface area contributed by atoms with Gasteiger partial charge in [-0.1, -0.05) is 29.3 Å². The Morgan fingerprint density at radius 1 is 1.36 bits per heavy atom. The summed E-state index contributed by atoms with van der Waals surface area (Å²) in [5.41, 5.74) is 7.07. The molecule has 0 spiro atoms. The minimum absolute atomic E-state index is 0.121. The van der Waals surface area contributed by atoms with Crippen LogP contribution in [0.15, 0.2) is 46.9 Å². The lowest BCUT2D eigenvalue weighted by Gasteiger charge is -2.14. The number of nitrogens with zero attached hydrogens (tertiary/aromatic N) is 1. The van der Waals surface area contributed by atoms with Gasteiger partial charge in [0.25, 0.3) is 5.91 Å². The fraction of sp³-hybridized carbons (Fsp3) is 0.294. The second-order valence-corrected chi connectivity index (χ2v) is 5.88. The van der Waals surface area contributed by atoms with Crippen LogP contribution in [0.1, 0.15) is 19.4 Å². The van der Waals surface area contributed by atoms with Crippen molar-refractivity contribution in [1.29, 1.82) is 0 Å². The summed E-state index contributed by atoms with van der Waals surface area (Å²) in [7, 11) is 0. The Hall–Kier alpha value is -2.02. The molecule has 5 N–H and O–H groups in total. The van der Waals surface area contributed by atoms with Crippen LogP contribution in [-0.4, -0.2) is 29.9 Å². The van der Waals surface area contributed by atoms with E-state index in [-0.39, 0.29) is 18.9 Å². The number of carbonyl (C=O) groups excluding carboxylic acids is 1. The third kappa shape index (κ3) is 6.78. The Morgan fingerprint density at radius 3 is 2.64 bits per heavy atom. The number of aliphatic imine (C=N–C) groups is 1. The number of benzene rings is 1. The van der Waals surface area contributed by atoms with Gasteiger partial charge in [-0.15, -0.1) is 0 Å². The number of carbonyl (C=O) groups is 1. The number of nitrogens with one attached hydrogen (secondary N) is 2. The van der Waals surface area contributed by atoms with E-state index in [9.17, 15) is 4.79 Å². The molecule has 0 aromatic heterocycles. The highest BCUT2D eigenvalue weighted by Gasteiger charge is 2.14. The zero-order chi connectivity index (χ0) is 18.8. The van der Waals surface area contributed by atoms with E-state index in [1.165, 1.54) is 6.20 Å². The van der Waals surface area contributed by atoms with E-state index in [2.05, 4.69) is 15.6 Å². The van der Waals surface area contributed by atoms with Gasteiger partial charge < -0.3 is 21.5 Å². The highest BCUT2D eigenvalue weighted by Crippen LogP contribution is 2.22. The van der Waals surface area contributed by atoms with E-state index in [4.69, 9.17) is 34.0 Å². The highest BCUT2D eigenvalue weighted by atomic mass is 35.5. The van der Waals surface area contributed by atoms with Crippen LogP contribution in [0.25, 0.3) is 0 Å². The first-order chi connectivity index (χ1) is 11.9. The van der Waals surface area contributed by atoms with Gasteiger partial charge in [0, 0.05) is 6.54 Å². The Kier molecular flexibility index (Phi) is 9.05. The smallest absolute Gasteiger partial charge is 0.275 e. The van der Waals surface area contributed by atoms with Gasteiger partial charge in [0.2, 0.25) is 0 Å². The number of allylic oxidation sites excluding steroid dienone is 1. The first-order valence-electron chi connectivity index (χ1n) is 7.62. The molecule has 1 aromatic carbocycles. The summed E-state index contributed by atoms with van der Waals surface area (Å²) in [6.45, 7) is 3.88. The molecular formula is C17H22Cl2N4O2. The minimum atomic E-state index is -0.414. The quantitative estimate of drug-likeness (QED) is 0.516. The average Bonchev–Trinajstić information content (AvgIpc) is 2.61. The van der Waals surface area contributed by atoms with E-state index in [1.54, 1.807) is 32.1 Å². The summed E-state index contributed by atoms with van der Waals surface area (Å²) in [6.07, 6.45) is 3.02. The first kappa shape index (κ1) is 21.0. The van der Waals surface area contributed by atoms with Crippen molar-refractivity contribution in [2.24, 2.45) is 10.7 Å². The van der Waals surface area contributed by atoms with Crippen molar-refractivity contribution < 1.29 is 9.90 Å². The van der Waals surface area contributed by atoms with Crippen molar-refractivity contribution >= 4 is 34.8 Å². The van der Waals surface area contributed by atoms with E-state index in [0.717, 1.165) is 5.56 Å². The zero-order valence-corrected chi connectivity index (χ0v) is 15.7. The molecule has 0 radical (unpaired) electrons. The third-order valence-electron chi connectivity index (χ3n) is 3.21. The monoisotopic (exact) mass is 384 g/mol. The Labute approximate surface area is 157 Å². The molecule has 0 fully saturated rings. The molecule has 0 atom stereocenters. The van der Waals surface area contributed by atoms with Crippen LogP contribution in [0.2, 0.25) is 10.0 Å². The Bertz CT molecular complexity index is 700. The van der Waals surface area contributed by atoms with Crippen LogP contribution in [-0.2, 0) is 11.3 Å². The molecule has 25 heavy (non-hydrogen) atoms. The summed E-state index contributed by atoms with van der Waals surface area (Å²) in [5, 5.41) is 15.7. The minimum Gasteiger partial charge on any atom is -0.404 e. The number of hydrogen-bond acceptors (Lipinski definition) is 5. The van der Waals surface area contributed by atoms with Crippen LogP contribution >= 0.6 is 23.2 Å². The third-order valence-corrected chi connectivity index (χ3v) is 3.95. The summed E-state index contributed by atoms with van der Waals surface area (Å²) in [6, 6.07) is 5.30. The molecule has 0 saturated heterocycles. The van der Waals surface area contributed by atoms with Crippen LogP contribution < -0.4 is 16.4 Å². The largest absolute Gasteiger partial charge is 0.404 e. The molecule has 0 heterocycles. The van der Waals surface area contributed by atoms with Crippen molar-refractivity contribution in [2.45, 2.75) is 20.4 Å². The number of aliphatic hydroxyl groups excluding tert-OH is 1. The summed E-state index contributed by atoms with van der Waals surface area (Å²) in [4.78, 5) is 16.4. The molecule has 1 amide bonds. The van der Waals surface area contributed by atoms with Gasteiger partial charge in [0.15, 0.2) is 0 Å². The zero-order valence-electron chi connectivity index (χ0n) is 14.1.